The molecule has 5 rings (SSSR count). The van der Waals surface area contributed by atoms with Gasteiger partial charge in [-0.3, -0.25) is 19.5 Å². The van der Waals surface area contributed by atoms with E-state index in [1.807, 2.05) is 0 Å². The summed E-state index contributed by atoms with van der Waals surface area (Å²) >= 11 is 2.39. The minimum absolute atomic E-state index is 0.0510. The maximum atomic E-state index is 14.0. The normalized spacial score (nSPS) is 17.2. The number of nitrogens with zero attached hydrogens (tertiary/aromatic N) is 4. The monoisotopic (exact) mass is 504 g/mol. The summed E-state index contributed by atoms with van der Waals surface area (Å²) in [5.41, 5.74) is 1.43. The molecule has 0 bridgehead atoms. The average molecular weight is 505 g/mol. The zero-order valence-corrected chi connectivity index (χ0v) is 19.7. The standard InChI is InChI=1S/C25H17FN4O3S2/c26-18-11-5-4-9-17(18)14-34-25-29-28-24(35-25)30-20(16-10-6-12-27-13-16)19(22(32)23(30)33)21(31)15-7-2-1-3-8-15/h1-13,20,31H,14H2. The first kappa shape index (κ1) is 22.9. The Labute approximate surface area is 208 Å². The van der Waals surface area contributed by atoms with Crippen LogP contribution in [0.3, 0.4) is 0 Å². The number of benzene rings is 2. The zero-order chi connectivity index (χ0) is 24.4. The van der Waals surface area contributed by atoms with Gasteiger partial charge in [-0.1, -0.05) is 77.7 Å². The van der Waals surface area contributed by atoms with E-state index in [0.717, 1.165) is 11.3 Å². The number of Topliss-reactive ketones (excluding diaryl/α,β-unsaturated/α-hetero) is 1. The van der Waals surface area contributed by atoms with Crippen LogP contribution in [0.4, 0.5) is 9.52 Å². The molecule has 2 aromatic carbocycles. The SMILES string of the molecule is O=C1C(=O)N(c2nnc(SCc3ccccc3F)s2)C(c2cccnc2)C1=C(O)c1ccccc1. The van der Waals surface area contributed by atoms with Gasteiger partial charge in [0.25, 0.3) is 5.78 Å². The first-order chi connectivity index (χ1) is 17.0. The lowest BCUT2D eigenvalue weighted by atomic mass is 9.96. The number of thioether (sulfide) groups is 1. The predicted molar refractivity (Wildman–Crippen MR) is 131 cm³/mol. The summed E-state index contributed by atoms with van der Waals surface area (Å²) in [4.78, 5) is 31.6. The van der Waals surface area contributed by atoms with Crippen LogP contribution in [0.1, 0.15) is 22.7 Å². The van der Waals surface area contributed by atoms with Crippen molar-refractivity contribution in [3.8, 4) is 0 Å². The summed E-state index contributed by atoms with van der Waals surface area (Å²) in [6.45, 7) is 0. The number of aromatic nitrogens is 3. The molecule has 1 atom stereocenters. The maximum absolute atomic E-state index is 14.0. The van der Waals surface area contributed by atoms with E-state index in [2.05, 4.69) is 15.2 Å². The molecule has 0 aliphatic carbocycles. The van der Waals surface area contributed by atoms with Gasteiger partial charge in [0.1, 0.15) is 11.6 Å². The van der Waals surface area contributed by atoms with Crippen molar-refractivity contribution in [2.45, 2.75) is 16.1 Å². The highest BCUT2D eigenvalue weighted by Crippen LogP contribution is 2.43. The Kier molecular flexibility index (Phi) is 6.39. The number of aliphatic hydroxyl groups is 1. The summed E-state index contributed by atoms with van der Waals surface area (Å²) in [6, 6.07) is 17.5. The lowest BCUT2D eigenvalue weighted by Crippen LogP contribution is -2.29. The van der Waals surface area contributed by atoms with Crippen LogP contribution >= 0.6 is 23.1 Å². The number of rotatable bonds is 6. The molecule has 1 aliphatic rings. The largest absolute Gasteiger partial charge is 0.507 e. The highest BCUT2D eigenvalue weighted by molar-refractivity contribution is 8.00. The van der Waals surface area contributed by atoms with E-state index in [0.29, 0.717) is 26.8 Å². The van der Waals surface area contributed by atoms with Gasteiger partial charge in [-0.05, 0) is 23.3 Å². The molecule has 4 aromatic rings. The molecule has 1 unspecified atom stereocenters. The maximum Gasteiger partial charge on any atom is 0.301 e. The molecule has 0 spiro atoms. The molecule has 1 N–H and O–H groups in total. The third-order valence-electron chi connectivity index (χ3n) is 5.40. The summed E-state index contributed by atoms with van der Waals surface area (Å²) in [5.74, 6) is -1.90. The van der Waals surface area contributed by atoms with Crippen LogP contribution in [0.25, 0.3) is 5.76 Å². The molecule has 2 aromatic heterocycles. The van der Waals surface area contributed by atoms with Crippen molar-refractivity contribution in [2.24, 2.45) is 0 Å². The van der Waals surface area contributed by atoms with Gasteiger partial charge in [0, 0.05) is 23.7 Å². The van der Waals surface area contributed by atoms with Gasteiger partial charge in [-0.2, -0.15) is 0 Å². The van der Waals surface area contributed by atoms with Gasteiger partial charge < -0.3 is 5.11 Å². The van der Waals surface area contributed by atoms with Gasteiger partial charge in [-0.15, -0.1) is 10.2 Å². The lowest BCUT2D eigenvalue weighted by molar-refractivity contribution is -0.132. The molecule has 1 fully saturated rings. The van der Waals surface area contributed by atoms with Crippen molar-refractivity contribution < 1.29 is 19.1 Å². The topological polar surface area (TPSA) is 96.3 Å². The minimum atomic E-state index is -0.929. The molecule has 10 heteroatoms. The summed E-state index contributed by atoms with van der Waals surface area (Å²) in [7, 11) is 0. The number of hydrogen-bond acceptors (Lipinski definition) is 8. The van der Waals surface area contributed by atoms with Crippen molar-refractivity contribution in [1.29, 1.82) is 0 Å². The quantitative estimate of drug-likeness (QED) is 0.130. The Balaban J connectivity index is 1.52. The van der Waals surface area contributed by atoms with Crippen molar-refractivity contribution in [2.75, 3.05) is 4.90 Å². The van der Waals surface area contributed by atoms with E-state index in [-0.39, 0.29) is 22.3 Å². The predicted octanol–water partition coefficient (Wildman–Crippen LogP) is 4.99. The number of hydrogen-bond donors (Lipinski definition) is 1. The fourth-order valence-electron chi connectivity index (χ4n) is 3.75. The fraction of sp³-hybridized carbons (Fsp3) is 0.0800. The summed E-state index contributed by atoms with van der Waals surface area (Å²) < 4.78 is 14.5. The average Bonchev–Trinajstić information content (AvgIpc) is 3.46. The zero-order valence-electron chi connectivity index (χ0n) is 18.0. The molecule has 1 amide bonds. The number of pyridine rings is 1. The molecule has 7 nitrogen and oxygen atoms in total. The molecular formula is C25H17FN4O3S2. The minimum Gasteiger partial charge on any atom is -0.507 e. The molecule has 35 heavy (non-hydrogen) atoms. The van der Waals surface area contributed by atoms with E-state index in [9.17, 15) is 19.1 Å². The van der Waals surface area contributed by atoms with E-state index in [4.69, 9.17) is 0 Å². The third kappa shape index (κ3) is 4.45. The third-order valence-corrected chi connectivity index (χ3v) is 7.51. The van der Waals surface area contributed by atoms with E-state index < -0.39 is 17.7 Å². The number of aliphatic hydroxyl groups excluding tert-OH is 1. The van der Waals surface area contributed by atoms with Crippen LogP contribution in [0.5, 0.6) is 0 Å². The van der Waals surface area contributed by atoms with Gasteiger partial charge >= 0.3 is 5.91 Å². The summed E-state index contributed by atoms with van der Waals surface area (Å²) in [5, 5.41) is 19.5. The highest BCUT2D eigenvalue weighted by Gasteiger charge is 2.48. The van der Waals surface area contributed by atoms with Crippen LogP contribution in [0.15, 0.2) is 89.0 Å². The molecular weight excluding hydrogens is 487 g/mol. The van der Waals surface area contributed by atoms with Crippen LogP contribution < -0.4 is 4.90 Å². The van der Waals surface area contributed by atoms with Crippen LogP contribution in [0.2, 0.25) is 0 Å². The number of ketones is 1. The lowest BCUT2D eigenvalue weighted by Gasteiger charge is -2.22. The Morgan fingerprint density at radius 3 is 2.54 bits per heavy atom. The number of carbonyl (C=O) groups excluding carboxylic acids is 2. The van der Waals surface area contributed by atoms with Gasteiger partial charge in [0.2, 0.25) is 5.13 Å². The Hall–Kier alpha value is -3.89. The van der Waals surface area contributed by atoms with Crippen molar-refractivity contribution in [1.82, 2.24) is 15.2 Å². The first-order valence-corrected chi connectivity index (χ1v) is 12.3. The molecule has 174 valence electrons. The second-order valence-electron chi connectivity index (χ2n) is 7.55. The van der Waals surface area contributed by atoms with Gasteiger partial charge in [-0.25, -0.2) is 4.39 Å². The van der Waals surface area contributed by atoms with Crippen molar-refractivity contribution in [3.05, 3.63) is 107 Å². The molecule has 1 saturated heterocycles. The molecule has 0 radical (unpaired) electrons. The highest BCUT2D eigenvalue weighted by atomic mass is 32.2. The summed E-state index contributed by atoms with van der Waals surface area (Å²) in [6.07, 6.45) is 3.12. The second-order valence-corrected chi connectivity index (χ2v) is 9.73. The Morgan fingerprint density at radius 2 is 1.80 bits per heavy atom. The van der Waals surface area contributed by atoms with Crippen LogP contribution in [0, 0.1) is 5.82 Å². The van der Waals surface area contributed by atoms with Crippen molar-refractivity contribution >= 4 is 45.7 Å². The van der Waals surface area contributed by atoms with Crippen LogP contribution in [-0.4, -0.2) is 32.0 Å². The first-order valence-electron chi connectivity index (χ1n) is 10.5. The van der Waals surface area contributed by atoms with Crippen molar-refractivity contribution in [3.63, 3.8) is 0 Å². The smallest absolute Gasteiger partial charge is 0.301 e. The number of carbonyl (C=O) groups is 2. The van der Waals surface area contributed by atoms with Gasteiger partial charge in [0.05, 0.1) is 11.6 Å². The molecule has 0 saturated carbocycles. The van der Waals surface area contributed by atoms with E-state index in [1.54, 1.807) is 66.9 Å². The number of amides is 1. The number of halogens is 1. The van der Waals surface area contributed by atoms with Gasteiger partial charge in [0.15, 0.2) is 4.34 Å². The second kappa shape index (κ2) is 9.77. The Morgan fingerprint density at radius 1 is 1.03 bits per heavy atom. The van der Waals surface area contributed by atoms with Crippen LogP contribution in [-0.2, 0) is 15.3 Å². The van der Waals surface area contributed by atoms with E-state index >= 15 is 0 Å². The number of anilines is 1. The fourth-order valence-corrected chi connectivity index (χ4v) is 5.60. The molecule has 1 aliphatic heterocycles. The Bertz CT molecular complexity index is 1430. The molecule has 3 heterocycles. The van der Waals surface area contributed by atoms with E-state index in [1.165, 1.54) is 28.9 Å².